The van der Waals surface area contributed by atoms with Crippen LogP contribution in [-0.2, 0) is 0 Å². The molecule has 2 atom stereocenters. The van der Waals surface area contributed by atoms with Gasteiger partial charge in [0, 0.05) is 17.0 Å². The molecule has 3 heteroatoms. The minimum Gasteiger partial charge on any atom is -0.212 e. The van der Waals surface area contributed by atoms with Crippen molar-refractivity contribution in [3.05, 3.63) is 210 Å². The number of hydrogen-bond acceptors (Lipinski definition) is 3. The summed E-state index contributed by atoms with van der Waals surface area (Å²) in [5.41, 5.74) is 15.9. The lowest BCUT2D eigenvalue weighted by Crippen LogP contribution is -2.10. The summed E-state index contributed by atoms with van der Waals surface area (Å²) in [7, 11) is 0. The fourth-order valence-electron chi connectivity index (χ4n) is 7.99. The minimum atomic E-state index is -0.139. The Kier molecular flexibility index (Phi) is 6.63. The second-order valence-corrected chi connectivity index (χ2v) is 13.1. The van der Waals surface area contributed by atoms with Crippen molar-refractivity contribution in [1.82, 2.24) is 15.0 Å². The smallest absolute Gasteiger partial charge is 0.163 e. The van der Waals surface area contributed by atoms with Crippen molar-refractivity contribution >= 4 is 0 Å². The highest BCUT2D eigenvalue weighted by Gasteiger charge is 2.37. The van der Waals surface area contributed by atoms with Crippen LogP contribution in [0.4, 0.5) is 0 Å². The molecule has 10 rings (SSSR count). The van der Waals surface area contributed by atoms with Gasteiger partial charge in [-0.1, -0.05) is 170 Å². The molecule has 234 valence electrons. The molecule has 1 heterocycles. The van der Waals surface area contributed by atoms with Crippen LogP contribution in [0.2, 0.25) is 0 Å². The number of hydrogen-bond donors (Lipinski definition) is 0. The van der Waals surface area contributed by atoms with Gasteiger partial charge in [0.2, 0.25) is 0 Å². The van der Waals surface area contributed by atoms with Crippen molar-refractivity contribution in [2.75, 3.05) is 0 Å². The first-order valence-corrected chi connectivity index (χ1v) is 17.2. The van der Waals surface area contributed by atoms with Crippen molar-refractivity contribution < 1.29 is 0 Å². The predicted molar refractivity (Wildman–Crippen MR) is 202 cm³/mol. The van der Waals surface area contributed by atoms with E-state index >= 15 is 0 Å². The second kappa shape index (κ2) is 11.6. The average molecular weight is 638 g/mol. The van der Waals surface area contributed by atoms with Gasteiger partial charge in [0.05, 0.1) is 5.92 Å². The Balaban J connectivity index is 1.17. The van der Waals surface area contributed by atoms with Gasteiger partial charge in [0.25, 0.3) is 0 Å². The molecule has 2 aliphatic rings. The zero-order chi connectivity index (χ0) is 33.0. The summed E-state index contributed by atoms with van der Waals surface area (Å²) in [5, 5.41) is 0. The number of nitrogens with zero attached hydrogens (tertiary/aromatic N) is 3. The van der Waals surface area contributed by atoms with E-state index in [0.717, 1.165) is 22.5 Å². The molecule has 0 aliphatic heterocycles. The van der Waals surface area contributed by atoms with E-state index in [2.05, 4.69) is 152 Å². The van der Waals surface area contributed by atoms with Crippen LogP contribution in [0, 0.1) is 0 Å². The Morgan fingerprint density at radius 2 is 0.740 bits per heavy atom. The number of aromatic nitrogens is 3. The van der Waals surface area contributed by atoms with Crippen molar-refractivity contribution in [2.45, 2.75) is 11.8 Å². The second-order valence-electron chi connectivity index (χ2n) is 13.1. The molecule has 0 radical (unpaired) electrons. The van der Waals surface area contributed by atoms with Gasteiger partial charge in [0.1, 0.15) is 5.82 Å². The van der Waals surface area contributed by atoms with Gasteiger partial charge in [-0.25, -0.2) is 15.0 Å². The van der Waals surface area contributed by atoms with Crippen molar-refractivity contribution in [3.8, 4) is 56.2 Å². The molecule has 2 unspecified atom stereocenters. The van der Waals surface area contributed by atoms with Gasteiger partial charge in [-0.3, -0.25) is 0 Å². The third-order valence-electron chi connectivity index (χ3n) is 10.3. The molecular weight excluding hydrogens is 607 g/mol. The lowest BCUT2D eigenvalue weighted by Gasteiger charge is -2.18. The number of fused-ring (bicyclic) bond motifs is 6. The van der Waals surface area contributed by atoms with Crippen LogP contribution in [0.5, 0.6) is 0 Å². The largest absolute Gasteiger partial charge is 0.212 e. The summed E-state index contributed by atoms with van der Waals surface area (Å²) in [6.45, 7) is 0. The molecule has 0 saturated carbocycles. The number of benzene rings is 7. The normalized spacial score (nSPS) is 15.2. The van der Waals surface area contributed by atoms with E-state index < -0.39 is 0 Å². The third-order valence-corrected chi connectivity index (χ3v) is 10.3. The topological polar surface area (TPSA) is 38.7 Å². The maximum absolute atomic E-state index is 5.30. The fraction of sp³-hybridized carbons (Fsp3) is 0.0426. The summed E-state index contributed by atoms with van der Waals surface area (Å²) >= 11 is 0. The maximum atomic E-state index is 5.30. The molecule has 8 aromatic rings. The first kappa shape index (κ1) is 28.6. The molecule has 0 fully saturated rings. The molecule has 0 amide bonds. The highest BCUT2D eigenvalue weighted by molar-refractivity contribution is 5.90. The predicted octanol–water partition coefficient (Wildman–Crippen LogP) is 11.2. The lowest BCUT2D eigenvalue weighted by atomic mass is 9.86. The molecule has 0 saturated heterocycles. The van der Waals surface area contributed by atoms with Crippen LogP contribution < -0.4 is 0 Å². The molecular formula is C47H31N3. The van der Waals surface area contributed by atoms with E-state index in [-0.39, 0.29) is 11.8 Å². The number of rotatable bonds is 5. The van der Waals surface area contributed by atoms with E-state index in [1.165, 1.54) is 55.6 Å². The van der Waals surface area contributed by atoms with E-state index in [4.69, 9.17) is 15.0 Å². The monoisotopic (exact) mass is 637 g/mol. The van der Waals surface area contributed by atoms with Gasteiger partial charge in [-0.15, -0.1) is 0 Å². The molecule has 0 N–H and O–H groups in total. The van der Waals surface area contributed by atoms with Crippen LogP contribution in [0.3, 0.4) is 0 Å². The molecule has 0 spiro atoms. The van der Waals surface area contributed by atoms with E-state index in [1.54, 1.807) is 0 Å². The van der Waals surface area contributed by atoms with Gasteiger partial charge >= 0.3 is 0 Å². The Bertz CT molecular complexity index is 2520. The Morgan fingerprint density at radius 1 is 0.300 bits per heavy atom. The maximum Gasteiger partial charge on any atom is 0.163 e. The Labute approximate surface area is 291 Å². The average Bonchev–Trinajstić information content (AvgIpc) is 3.70. The van der Waals surface area contributed by atoms with Crippen LogP contribution in [-0.4, -0.2) is 15.0 Å². The summed E-state index contributed by atoms with van der Waals surface area (Å²) in [4.78, 5) is 15.6. The van der Waals surface area contributed by atoms with Gasteiger partial charge < -0.3 is 0 Å². The summed E-state index contributed by atoms with van der Waals surface area (Å²) < 4.78 is 0. The van der Waals surface area contributed by atoms with Crippen LogP contribution >= 0.6 is 0 Å². The lowest BCUT2D eigenvalue weighted by molar-refractivity contribution is 0.853. The molecule has 0 bridgehead atoms. The molecule has 2 aliphatic carbocycles. The highest BCUT2D eigenvalue weighted by atomic mass is 15.0. The summed E-state index contributed by atoms with van der Waals surface area (Å²) in [6.07, 6.45) is 0. The van der Waals surface area contributed by atoms with E-state index in [0.29, 0.717) is 11.6 Å². The fourth-order valence-corrected chi connectivity index (χ4v) is 7.99. The van der Waals surface area contributed by atoms with Crippen molar-refractivity contribution in [1.29, 1.82) is 0 Å². The molecule has 50 heavy (non-hydrogen) atoms. The molecule has 7 aromatic carbocycles. The van der Waals surface area contributed by atoms with Crippen LogP contribution in [0.1, 0.15) is 45.5 Å². The van der Waals surface area contributed by atoms with Gasteiger partial charge in [-0.2, -0.15) is 0 Å². The zero-order valence-electron chi connectivity index (χ0n) is 27.2. The van der Waals surface area contributed by atoms with Crippen LogP contribution in [0.15, 0.2) is 176 Å². The van der Waals surface area contributed by atoms with Gasteiger partial charge in [-0.05, 0) is 67.3 Å². The third kappa shape index (κ3) is 4.62. The first-order valence-electron chi connectivity index (χ1n) is 17.2. The van der Waals surface area contributed by atoms with E-state index in [1.807, 2.05) is 24.3 Å². The van der Waals surface area contributed by atoms with Crippen molar-refractivity contribution in [3.63, 3.8) is 0 Å². The van der Waals surface area contributed by atoms with E-state index in [9.17, 15) is 0 Å². The van der Waals surface area contributed by atoms with Crippen molar-refractivity contribution in [2.24, 2.45) is 0 Å². The Hall–Kier alpha value is -6.45. The van der Waals surface area contributed by atoms with Gasteiger partial charge in [0.15, 0.2) is 11.6 Å². The molecule has 1 aromatic heterocycles. The first-order chi connectivity index (χ1) is 24.8. The highest BCUT2D eigenvalue weighted by Crippen LogP contribution is 2.55. The van der Waals surface area contributed by atoms with Crippen LogP contribution in [0.25, 0.3) is 56.2 Å². The molecule has 3 nitrogen and oxygen atoms in total. The quantitative estimate of drug-likeness (QED) is 0.188. The minimum absolute atomic E-state index is 0.139. The Morgan fingerprint density at radius 3 is 1.36 bits per heavy atom. The summed E-state index contributed by atoms with van der Waals surface area (Å²) in [6, 6.07) is 62.7. The zero-order valence-corrected chi connectivity index (χ0v) is 27.2. The standard InChI is InChI=1S/C47H31N3/c1-4-14-30(15-5-1)31-24-26-34(27-25-31)46-48-45(33-18-8-3-9-19-33)49-47(50-46)44-38-23-13-11-21-36(38)40-28-39-35-20-10-12-22-37(35)43(41(39)29-42(40)44)32-16-6-2-7-17-32/h1-29,43-44H. The summed E-state index contributed by atoms with van der Waals surface area (Å²) in [5.74, 6) is 2.14. The SMILES string of the molecule is c1ccc(-c2ccc(-c3nc(-c4ccccc4)nc(C4c5ccccc5-c5cc6c(cc54)C(c4ccccc4)c4ccccc4-6)n3)cc2)cc1.